The van der Waals surface area contributed by atoms with Crippen LogP contribution in [0, 0.1) is 6.92 Å². The molecule has 1 unspecified atom stereocenters. The van der Waals surface area contributed by atoms with E-state index in [1.54, 1.807) is 37.3 Å². The highest BCUT2D eigenvalue weighted by molar-refractivity contribution is 7.89. The molecule has 2 rings (SSSR count). The van der Waals surface area contributed by atoms with Crippen molar-refractivity contribution in [3.63, 3.8) is 0 Å². The first kappa shape index (κ1) is 21.4. The van der Waals surface area contributed by atoms with Crippen molar-refractivity contribution in [1.82, 2.24) is 10.6 Å². The largest absolute Gasteiger partial charge is 0.352 e. The van der Waals surface area contributed by atoms with Gasteiger partial charge in [0.05, 0.1) is 10.9 Å². The number of rotatable bonds is 6. The third-order valence-corrected chi connectivity index (χ3v) is 5.07. The molecule has 5 N–H and O–H groups in total. The highest BCUT2D eigenvalue weighted by atomic mass is 32.2. The Kier molecular flexibility index (Phi) is 6.76. The molecule has 0 aliphatic carbocycles. The Balaban J connectivity index is 2.07. The predicted octanol–water partition coefficient (Wildman–Crippen LogP) is 2.27. The second kappa shape index (κ2) is 8.85. The molecule has 9 heteroatoms. The number of hydrogen-bond donors (Lipinski definition) is 4. The Morgan fingerprint density at radius 1 is 1.11 bits per heavy atom. The van der Waals surface area contributed by atoms with Gasteiger partial charge >= 0.3 is 6.03 Å². The summed E-state index contributed by atoms with van der Waals surface area (Å²) >= 11 is 0. The molecule has 28 heavy (non-hydrogen) atoms. The number of carbonyl (C=O) groups excluding carboxylic acids is 2. The van der Waals surface area contributed by atoms with Crippen molar-refractivity contribution >= 4 is 27.6 Å². The monoisotopic (exact) mass is 404 g/mol. The lowest BCUT2D eigenvalue weighted by molar-refractivity contribution is 0.0956. The van der Waals surface area contributed by atoms with Gasteiger partial charge in [-0.05, 0) is 56.2 Å². The number of nitrogens with one attached hydrogen (secondary N) is 3. The van der Waals surface area contributed by atoms with Crippen molar-refractivity contribution in [1.29, 1.82) is 0 Å². The minimum Gasteiger partial charge on any atom is -0.352 e. The fourth-order valence-corrected chi connectivity index (χ4v) is 3.06. The summed E-state index contributed by atoms with van der Waals surface area (Å²) in [6.07, 6.45) is 0. The number of sulfonamides is 1. The number of benzene rings is 2. The Hall–Kier alpha value is -2.91. The maximum Gasteiger partial charge on any atom is 0.319 e. The van der Waals surface area contributed by atoms with Crippen LogP contribution in [0.1, 0.15) is 41.4 Å². The van der Waals surface area contributed by atoms with Gasteiger partial charge in [-0.2, -0.15) is 0 Å². The predicted molar refractivity (Wildman–Crippen MR) is 108 cm³/mol. The van der Waals surface area contributed by atoms with E-state index in [-0.39, 0.29) is 16.8 Å². The van der Waals surface area contributed by atoms with Crippen molar-refractivity contribution in [2.24, 2.45) is 5.14 Å². The molecule has 0 bridgehead atoms. The Morgan fingerprint density at radius 3 is 2.32 bits per heavy atom. The van der Waals surface area contributed by atoms with Gasteiger partial charge in [0, 0.05) is 17.8 Å². The molecule has 3 amide bonds. The zero-order chi connectivity index (χ0) is 20.9. The maximum absolute atomic E-state index is 12.3. The molecule has 0 heterocycles. The minimum atomic E-state index is -3.76. The van der Waals surface area contributed by atoms with E-state index in [1.165, 1.54) is 12.1 Å². The van der Waals surface area contributed by atoms with Gasteiger partial charge in [-0.25, -0.2) is 18.4 Å². The highest BCUT2D eigenvalue weighted by Crippen LogP contribution is 2.19. The average Bonchev–Trinajstić information content (AvgIpc) is 2.63. The number of amides is 3. The smallest absolute Gasteiger partial charge is 0.319 e. The van der Waals surface area contributed by atoms with Gasteiger partial charge in [0.1, 0.15) is 0 Å². The zero-order valence-electron chi connectivity index (χ0n) is 15.9. The van der Waals surface area contributed by atoms with Gasteiger partial charge in [-0.15, -0.1) is 0 Å². The molecular formula is C19H24N4O4S. The van der Waals surface area contributed by atoms with Crippen LogP contribution in [0.25, 0.3) is 0 Å². The molecule has 0 spiro atoms. The first-order chi connectivity index (χ1) is 13.1. The van der Waals surface area contributed by atoms with Gasteiger partial charge in [-0.3, -0.25) is 4.79 Å². The van der Waals surface area contributed by atoms with E-state index in [4.69, 9.17) is 5.14 Å². The SMILES string of the molecule is CCNC(=O)c1ccc(C)c(NC(=O)NC(C)c2ccc(S(N)(=O)=O)cc2)c1. The quantitative estimate of drug-likeness (QED) is 0.588. The number of aryl methyl sites for hydroxylation is 1. The maximum atomic E-state index is 12.3. The van der Waals surface area contributed by atoms with Crippen molar-refractivity contribution in [3.05, 3.63) is 59.2 Å². The molecular weight excluding hydrogens is 380 g/mol. The van der Waals surface area contributed by atoms with E-state index in [2.05, 4.69) is 16.0 Å². The van der Waals surface area contributed by atoms with Crippen LogP contribution in [0.2, 0.25) is 0 Å². The van der Waals surface area contributed by atoms with Crippen LogP contribution in [0.3, 0.4) is 0 Å². The highest BCUT2D eigenvalue weighted by Gasteiger charge is 2.14. The lowest BCUT2D eigenvalue weighted by Gasteiger charge is -2.16. The van der Waals surface area contributed by atoms with Gasteiger partial charge in [0.15, 0.2) is 0 Å². The van der Waals surface area contributed by atoms with Crippen LogP contribution >= 0.6 is 0 Å². The van der Waals surface area contributed by atoms with Crippen molar-refractivity contribution in [3.8, 4) is 0 Å². The number of anilines is 1. The molecule has 1 atom stereocenters. The van der Waals surface area contributed by atoms with Crippen molar-refractivity contribution in [2.45, 2.75) is 31.7 Å². The molecule has 150 valence electrons. The summed E-state index contributed by atoms with van der Waals surface area (Å²) in [5, 5.41) is 13.3. The van der Waals surface area contributed by atoms with Crippen molar-refractivity contribution in [2.75, 3.05) is 11.9 Å². The summed E-state index contributed by atoms with van der Waals surface area (Å²) in [6.45, 7) is 5.93. The van der Waals surface area contributed by atoms with Gasteiger partial charge in [-0.1, -0.05) is 18.2 Å². The van der Waals surface area contributed by atoms with Crippen LogP contribution in [0.5, 0.6) is 0 Å². The number of hydrogen-bond acceptors (Lipinski definition) is 4. The second-order valence-electron chi connectivity index (χ2n) is 6.32. The first-order valence-electron chi connectivity index (χ1n) is 8.71. The molecule has 0 aromatic heterocycles. The Labute approximate surface area is 164 Å². The third kappa shape index (κ3) is 5.54. The van der Waals surface area contributed by atoms with E-state index in [1.807, 2.05) is 13.8 Å². The standard InChI is InChI=1S/C19H24N4O4S/c1-4-21-18(24)15-6-5-12(2)17(11-15)23-19(25)22-13(3)14-7-9-16(10-8-14)28(20,26)27/h5-11,13H,4H2,1-3H3,(H,21,24)(H2,20,26,27)(H2,22,23,25). The molecule has 0 saturated heterocycles. The second-order valence-corrected chi connectivity index (χ2v) is 7.88. The molecule has 0 radical (unpaired) electrons. The number of primary sulfonamides is 1. The Morgan fingerprint density at radius 2 is 1.75 bits per heavy atom. The number of carbonyl (C=O) groups is 2. The summed E-state index contributed by atoms with van der Waals surface area (Å²) in [5.41, 5.74) is 2.51. The topological polar surface area (TPSA) is 130 Å². The summed E-state index contributed by atoms with van der Waals surface area (Å²) in [6, 6.07) is 10.2. The van der Waals surface area contributed by atoms with E-state index >= 15 is 0 Å². The summed E-state index contributed by atoms with van der Waals surface area (Å²) in [7, 11) is -3.76. The molecule has 8 nitrogen and oxygen atoms in total. The van der Waals surface area contributed by atoms with Crippen molar-refractivity contribution < 1.29 is 18.0 Å². The number of nitrogens with two attached hydrogens (primary N) is 1. The minimum absolute atomic E-state index is 0.00528. The summed E-state index contributed by atoms with van der Waals surface area (Å²) in [4.78, 5) is 24.3. The van der Waals surface area contributed by atoms with Crippen LogP contribution < -0.4 is 21.1 Å². The van der Waals surface area contributed by atoms with E-state index in [0.29, 0.717) is 17.8 Å². The van der Waals surface area contributed by atoms with Gasteiger partial charge < -0.3 is 16.0 Å². The fraction of sp³-hybridized carbons (Fsp3) is 0.263. The molecule has 0 saturated carbocycles. The summed E-state index contributed by atoms with van der Waals surface area (Å²) < 4.78 is 22.6. The van der Waals surface area contributed by atoms with E-state index in [0.717, 1.165) is 11.1 Å². The molecule has 0 aliphatic rings. The average molecular weight is 404 g/mol. The van der Waals surface area contributed by atoms with E-state index < -0.39 is 16.1 Å². The third-order valence-electron chi connectivity index (χ3n) is 4.14. The molecule has 0 fully saturated rings. The van der Waals surface area contributed by atoms with Crippen LogP contribution in [-0.2, 0) is 10.0 Å². The van der Waals surface area contributed by atoms with Crippen LogP contribution in [-0.4, -0.2) is 26.9 Å². The number of urea groups is 1. The van der Waals surface area contributed by atoms with Gasteiger partial charge in [0.25, 0.3) is 5.91 Å². The molecule has 2 aromatic rings. The first-order valence-corrected chi connectivity index (χ1v) is 10.3. The van der Waals surface area contributed by atoms with Gasteiger partial charge in [0.2, 0.25) is 10.0 Å². The lowest BCUT2D eigenvalue weighted by Crippen LogP contribution is -2.31. The van der Waals surface area contributed by atoms with Crippen LogP contribution in [0.4, 0.5) is 10.5 Å². The van der Waals surface area contributed by atoms with E-state index in [9.17, 15) is 18.0 Å². The molecule has 0 aliphatic heterocycles. The van der Waals surface area contributed by atoms with Crippen LogP contribution in [0.15, 0.2) is 47.4 Å². The fourth-order valence-electron chi connectivity index (χ4n) is 2.55. The Bertz CT molecular complexity index is 972. The normalized spacial score (nSPS) is 12.1. The zero-order valence-corrected chi connectivity index (χ0v) is 16.8. The summed E-state index contributed by atoms with van der Waals surface area (Å²) in [5.74, 6) is -0.214. The molecule has 2 aromatic carbocycles. The lowest BCUT2D eigenvalue weighted by atomic mass is 10.1.